The van der Waals surface area contributed by atoms with Crippen LogP contribution in [-0.4, -0.2) is 15.0 Å². The lowest BCUT2D eigenvalue weighted by Gasteiger charge is -2.15. The number of rotatable bonds is 7. The minimum absolute atomic E-state index is 0.521. The van der Waals surface area contributed by atoms with Crippen molar-refractivity contribution in [1.29, 1.82) is 0 Å². The monoisotopic (exact) mass is 801 g/mol. The summed E-state index contributed by atoms with van der Waals surface area (Å²) in [5.41, 5.74) is 11.8. The molecule has 0 bridgehead atoms. The van der Waals surface area contributed by atoms with E-state index in [1.54, 1.807) is 0 Å². The van der Waals surface area contributed by atoms with Crippen molar-refractivity contribution in [2.45, 2.75) is 33.1 Å². The van der Waals surface area contributed by atoms with Crippen LogP contribution >= 0.6 is 7.53 Å². The van der Waals surface area contributed by atoms with Crippen molar-refractivity contribution in [2.75, 3.05) is 0 Å². The zero-order valence-electron chi connectivity index (χ0n) is 34.4. The summed E-state index contributed by atoms with van der Waals surface area (Å²) in [6.07, 6.45) is 14.0. The molecule has 292 valence electrons. The molecule has 2 aliphatic rings. The molecule has 0 saturated carbocycles. The summed E-state index contributed by atoms with van der Waals surface area (Å²) in [4.78, 5) is 15.1. The maximum absolute atomic E-state index is 5.05. The number of allylic oxidation sites excluding steroid dienone is 8. The average Bonchev–Trinajstić information content (AvgIpc) is 3.66. The van der Waals surface area contributed by atoms with Crippen LogP contribution in [0.1, 0.15) is 44.8 Å². The van der Waals surface area contributed by atoms with Crippen molar-refractivity contribution in [3.63, 3.8) is 0 Å². The fourth-order valence-electron chi connectivity index (χ4n) is 9.05. The molecule has 1 unspecified atom stereocenters. The smallest absolute Gasteiger partial charge is 0.164 e. The van der Waals surface area contributed by atoms with E-state index in [1.807, 2.05) is 0 Å². The van der Waals surface area contributed by atoms with Gasteiger partial charge in [-0.25, -0.2) is 15.0 Å². The second-order valence-corrected chi connectivity index (χ2v) is 18.7. The van der Waals surface area contributed by atoms with Gasteiger partial charge in [0.05, 0.1) is 0 Å². The second kappa shape index (κ2) is 15.6. The van der Waals surface area contributed by atoms with Gasteiger partial charge in [0.15, 0.2) is 17.5 Å². The largest absolute Gasteiger partial charge is 0.209 e. The van der Waals surface area contributed by atoms with Crippen LogP contribution in [0.4, 0.5) is 0 Å². The third-order valence-corrected chi connectivity index (χ3v) is 15.0. The van der Waals surface area contributed by atoms with Gasteiger partial charge in [-0.2, -0.15) is 0 Å². The van der Waals surface area contributed by atoms with Gasteiger partial charge in [-0.3, -0.25) is 0 Å². The number of benzene rings is 7. The molecule has 0 aliphatic heterocycles. The van der Waals surface area contributed by atoms with Crippen molar-refractivity contribution >= 4 is 50.5 Å². The van der Waals surface area contributed by atoms with Gasteiger partial charge in [0, 0.05) is 21.4 Å². The normalized spacial score (nSPS) is 15.2. The Balaban J connectivity index is 0.884. The van der Waals surface area contributed by atoms with Gasteiger partial charge in [0.1, 0.15) is 0 Å². The van der Waals surface area contributed by atoms with E-state index >= 15 is 0 Å². The Kier molecular flexibility index (Phi) is 9.48. The highest BCUT2D eigenvalue weighted by Gasteiger charge is 2.18. The van der Waals surface area contributed by atoms with Gasteiger partial charge in [0.2, 0.25) is 0 Å². The quantitative estimate of drug-likeness (QED) is 0.161. The van der Waals surface area contributed by atoms with Crippen LogP contribution in [0.15, 0.2) is 194 Å². The van der Waals surface area contributed by atoms with E-state index in [9.17, 15) is 0 Å². The molecule has 61 heavy (non-hydrogen) atoms. The highest BCUT2D eigenvalue weighted by atomic mass is 31.1. The van der Waals surface area contributed by atoms with Crippen molar-refractivity contribution in [2.24, 2.45) is 5.92 Å². The molecule has 0 radical (unpaired) electrons. The standard InChI is InChI=1S/C57H44N3P/c1-37-15-19-43(20-16-37)55-58-56(44-21-17-38(2)18-22-44)60-57(59-55)45-29-27-42(28-30-45)48-36-35-47(49-9-3-4-10-50(48)49)41-25-23-39(24-26-41)40-31-33-46(34-32-40)61-53-13-7-5-11-51(53)52-12-6-8-14-54(52)61/h3-15,17,19-21,23-37H,16,18,22H2,1-2H3. The topological polar surface area (TPSA) is 38.7 Å². The van der Waals surface area contributed by atoms with Crippen LogP contribution in [0.3, 0.4) is 0 Å². The molecular formula is C57H44N3P. The molecule has 7 aromatic carbocycles. The maximum atomic E-state index is 5.05. The molecule has 11 rings (SSSR count). The van der Waals surface area contributed by atoms with E-state index in [2.05, 4.69) is 202 Å². The summed E-state index contributed by atoms with van der Waals surface area (Å²) in [7, 11) is -0.563. The Morgan fingerprint density at radius 1 is 0.475 bits per heavy atom. The first kappa shape index (κ1) is 37.1. The average molecular weight is 802 g/mol. The third-order valence-electron chi connectivity index (χ3n) is 12.5. The molecule has 3 nitrogen and oxygen atoms in total. The van der Waals surface area contributed by atoms with Gasteiger partial charge in [0.25, 0.3) is 0 Å². The zero-order valence-corrected chi connectivity index (χ0v) is 35.3. The minimum atomic E-state index is -0.563. The third kappa shape index (κ3) is 6.96. The Bertz CT molecular complexity index is 3220. The summed E-state index contributed by atoms with van der Waals surface area (Å²) in [5, 5.41) is 9.52. The van der Waals surface area contributed by atoms with Crippen molar-refractivity contribution in [3.8, 4) is 50.1 Å². The molecule has 0 N–H and O–H groups in total. The maximum Gasteiger partial charge on any atom is 0.164 e. The molecule has 2 aliphatic carbocycles. The second-order valence-electron chi connectivity index (χ2n) is 16.5. The van der Waals surface area contributed by atoms with Crippen LogP contribution in [-0.2, 0) is 0 Å². The molecule has 2 aromatic heterocycles. The molecule has 1 atom stereocenters. The number of fused-ring (bicyclic) bond motifs is 4. The number of hydrogen-bond acceptors (Lipinski definition) is 3. The summed E-state index contributed by atoms with van der Waals surface area (Å²) >= 11 is 0. The van der Waals surface area contributed by atoms with Crippen LogP contribution in [0.5, 0.6) is 0 Å². The van der Waals surface area contributed by atoms with E-state index in [0.29, 0.717) is 11.7 Å². The van der Waals surface area contributed by atoms with E-state index in [0.717, 1.165) is 53.2 Å². The molecule has 0 spiro atoms. The van der Waals surface area contributed by atoms with Crippen molar-refractivity contribution < 1.29 is 0 Å². The lowest BCUT2D eigenvalue weighted by atomic mass is 9.91. The predicted molar refractivity (Wildman–Crippen MR) is 260 cm³/mol. The summed E-state index contributed by atoms with van der Waals surface area (Å²) in [5.74, 6) is 2.74. The van der Waals surface area contributed by atoms with Crippen molar-refractivity contribution in [3.05, 3.63) is 205 Å². The first-order valence-electron chi connectivity index (χ1n) is 21.4. The van der Waals surface area contributed by atoms with Crippen LogP contribution < -0.4 is 0 Å². The molecule has 2 heterocycles. The molecular weight excluding hydrogens is 758 g/mol. The Morgan fingerprint density at radius 3 is 1.54 bits per heavy atom. The molecule has 0 amide bonds. The Labute approximate surface area is 358 Å². The number of nitrogens with zero attached hydrogens (tertiary/aromatic N) is 3. The van der Waals surface area contributed by atoms with Gasteiger partial charge in [-0.1, -0.05) is 208 Å². The van der Waals surface area contributed by atoms with E-state index < -0.39 is 7.53 Å². The molecule has 9 aromatic rings. The fourth-order valence-corrected chi connectivity index (χ4v) is 11.7. The summed E-state index contributed by atoms with van der Waals surface area (Å²) in [6, 6.07) is 58.2. The Hall–Kier alpha value is -6.93. The number of aromatic nitrogens is 3. The van der Waals surface area contributed by atoms with Gasteiger partial charge >= 0.3 is 0 Å². The molecule has 0 saturated heterocycles. The van der Waals surface area contributed by atoms with Crippen LogP contribution in [0, 0.1) is 5.92 Å². The summed E-state index contributed by atoms with van der Waals surface area (Å²) in [6.45, 7) is 4.42. The lowest BCUT2D eigenvalue weighted by molar-refractivity contribution is 0.738. The highest BCUT2D eigenvalue weighted by Crippen LogP contribution is 2.55. The molecule has 4 heteroatoms. The van der Waals surface area contributed by atoms with Gasteiger partial charge in [-0.05, 0) is 97.9 Å². The first-order valence-corrected chi connectivity index (χ1v) is 22.7. The SMILES string of the molecule is CC1=CC=C(c2nc(C3=CCC(C)C=C3)nc(-c3ccc(-c4ccc(-c5ccc(-c6ccc(-p7c8ccccc8c8ccccc87)cc6)cc5)c5ccccc45)cc3)n2)CC1. The van der Waals surface area contributed by atoms with E-state index in [4.69, 9.17) is 15.0 Å². The Morgan fingerprint density at radius 2 is 0.984 bits per heavy atom. The van der Waals surface area contributed by atoms with Gasteiger partial charge in [-0.15, -0.1) is 0 Å². The minimum Gasteiger partial charge on any atom is -0.209 e. The first-order chi connectivity index (χ1) is 30.0. The van der Waals surface area contributed by atoms with Crippen LogP contribution in [0.2, 0.25) is 0 Å². The zero-order chi connectivity index (χ0) is 40.9. The predicted octanol–water partition coefficient (Wildman–Crippen LogP) is 16.1. The molecule has 0 fully saturated rings. The van der Waals surface area contributed by atoms with Gasteiger partial charge < -0.3 is 0 Å². The van der Waals surface area contributed by atoms with E-state index in [1.165, 1.54) is 70.5 Å². The van der Waals surface area contributed by atoms with E-state index in [-0.39, 0.29) is 0 Å². The highest BCUT2D eigenvalue weighted by molar-refractivity contribution is 7.67. The number of hydrogen-bond donors (Lipinski definition) is 0. The van der Waals surface area contributed by atoms with Crippen molar-refractivity contribution in [1.82, 2.24) is 15.0 Å². The lowest BCUT2D eigenvalue weighted by Crippen LogP contribution is -2.07. The summed E-state index contributed by atoms with van der Waals surface area (Å²) < 4.78 is 0. The fraction of sp³-hybridized carbons (Fsp3) is 0.105. The van der Waals surface area contributed by atoms with Crippen LogP contribution in [0.25, 0.3) is 93.0 Å².